The van der Waals surface area contributed by atoms with Crippen molar-refractivity contribution in [1.29, 1.82) is 0 Å². The Kier molecular flexibility index (Phi) is 11.4. The Hall–Kier alpha value is -1.14. The number of hydrogen-bond donors (Lipinski definition) is 1. The van der Waals surface area contributed by atoms with E-state index in [0.717, 1.165) is 10.8 Å². The number of nitrogens with zero attached hydrogens (tertiary/aromatic N) is 2. The van der Waals surface area contributed by atoms with Crippen molar-refractivity contribution in [1.82, 2.24) is 9.55 Å². The number of aliphatic hydroxyl groups is 1. The third kappa shape index (κ3) is 7.43. The molecule has 1 fully saturated rings. The van der Waals surface area contributed by atoms with Crippen LogP contribution in [0.25, 0.3) is 0 Å². The molecule has 0 amide bonds. The van der Waals surface area contributed by atoms with E-state index in [9.17, 15) is 18.3 Å². The van der Waals surface area contributed by atoms with Gasteiger partial charge in [0.05, 0.1) is 19.5 Å². The first-order valence-electron chi connectivity index (χ1n) is 14.0. The van der Waals surface area contributed by atoms with Crippen molar-refractivity contribution in [3.8, 4) is 5.88 Å². The summed E-state index contributed by atoms with van der Waals surface area (Å²) >= 11 is 0. The first-order valence-corrected chi connectivity index (χ1v) is 20.4. The normalized spacial score (nSPS) is 24.6. The number of aromatic nitrogens is 2. The van der Waals surface area contributed by atoms with Crippen LogP contribution in [0.5, 0.6) is 5.88 Å². The Bertz CT molecular complexity index is 1140. The third-order valence-corrected chi connectivity index (χ3v) is 20.1. The highest BCUT2D eigenvalue weighted by Crippen LogP contribution is 2.45. The van der Waals surface area contributed by atoms with E-state index in [1.807, 2.05) is 0 Å². The van der Waals surface area contributed by atoms with Crippen LogP contribution in [0.2, 0.25) is 28.7 Å². The lowest BCUT2D eigenvalue weighted by Gasteiger charge is -2.48. The van der Waals surface area contributed by atoms with Crippen LogP contribution in [0, 0.1) is 0 Å². The lowest BCUT2D eigenvalue weighted by atomic mass is 9.96. The van der Waals surface area contributed by atoms with E-state index in [2.05, 4.69) is 66.9 Å². The molecule has 0 radical (unpaired) electrons. The summed E-state index contributed by atoms with van der Waals surface area (Å²) in [5.74, 6) is 0.134. The zero-order valence-corrected chi connectivity index (χ0v) is 28.9. The quantitative estimate of drug-likeness (QED) is 0.236. The fourth-order valence-electron chi connectivity index (χ4n) is 5.24. The maximum atomic E-state index is 12.9. The minimum atomic E-state index is -4.01. The summed E-state index contributed by atoms with van der Waals surface area (Å²) < 4.78 is 56.4. The van der Waals surface area contributed by atoms with Gasteiger partial charge in [-0.1, -0.05) is 55.4 Å². The molecule has 1 N–H and O–H groups in total. The molecule has 4 atom stereocenters. The largest absolute Gasteiger partial charge is 0.478 e. The summed E-state index contributed by atoms with van der Waals surface area (Å²) in [6.45, 7) is 22.7. The molecule has 0 aliphatic carbocycles. The first kappa shape index (κ1) is 35.1. The minimum Gasteiger partial charge on any atom is -0.478 e. The fourth-order valence-corrected chi connectivity index (χ4v) is 16.5. The van der Waals surface area contributed by atoms with Gasteiger partial charge >= 0.3 is 14.3 Å². The number of rotatable bonds is 14. The van der Waals surface area contributed by atoms with Crippen molar-refractivity contribution in [2.75, 3.05) is 19.5 Å². The van der Waals surface area contributed by atoms with Crippen LogP contribution in [0.4, 0.5) is 0 Å². The molecule has 2 rings (SSSR count). The first-order chi connectivity index (χ1) is 18.2. The molecule has 40 heavy (non-hydrogen) atoms. The van der Waals surface area contributed by atoms with Crippen LogP contribution in [0.1, 0.15) is 75.5 Å². The molecule has 0 spiro atoms. The van der Waals surface area contributed by atoms with E-state index >= 15 is 0 Å². The lowest BCUT2D eigenvalue weighted by molar-refractivity contribution is -0.0959. The van der Waals surface area contributed by atoms with Crippen LogP contribution in [-0.2, 0) is 27.6 Å². The van der Waals surface area contributed by atoms with Crippen molar-refractivity contribution < 1.29 is 35.7 Å². The summed E-state index contributed by atoms with van der Waals surface area (Å²) in [6, 6.07) is 1.48. The summed E-state index contributed by atoms with van der Waals surface area (Å²) in [4.78, 5) is 16.7. The van der Waals surface area contributed by atoms with Crippen LogP contribution >= 0.6 is 0 Å². The summed E-state index contributed by atoms with van der Waals surface area (Å²) in [6.07, 6.45) is -1.36. The van der Waals surface area contributed by atoms with Crippen molar-refractivity contribution in [2.24, 2.45) is 0 Å². The molecule has 11 nitrogen and oxygen atoms in total. The van der Waals surface area contributed by atoms with E-state index in [4.69, 9.17) is 22.2 Å². The van der Waals surface area contributed by atoms with Gasteiger partial charge in [0.1, 0.15) is 17.8 Å². The van der Waals surface area contributed by atoms with Gasteiger partial charge in [-0.3, -0.25) is 8.75 Å². The van der Waals surface area contributed by atoms with Gasteiger partial charge in [0.25, 0.3) is 10.1 Å². The average Bonchev–Trinajstić information content (AvgIpc) is 3.04. The molecule has 0 bridgehead atoms. The Labute approximate surface area is 242 Å². The summed E-state index contributed by atoms with van der Waals surface area (Å²) in [7, 11) is -9.21. The Morgan fingerprint density at radius 1 is 1.10 bits per heavy atom. The van der Waals surface area contributed by atoms with Gasteiger partial charge in [0, 0.05) is 12.3 Å². The zero-order valence-electron chi connectivity index (χ0n) is 26.1. The highest BCUT2D eigenvalue weighted by atomic mass is 32.2. The minimum absolute atomic E-state index is 0.0711. The van der Waals surface area contributed by atoms with Crippen molar-refractivity contribution in [2.45, 2.75) is 122 Å². The van der Waals surface area contributed by atoms with Crippen LogP contribution in [0.15, 0.2) is 17.1 Å². The van der Waals surface area contributed by atoms with Crippen LogP contribution < -0.4 is 10.4 Å². The smallest absolute Gasteiger partial charge is 0.353 e. The van der Waals surface area contributed by atoms with E-state index in [1.165, 1.54) is 19.2 Å². The molecule has 0 aromatic carbocycles. The van der Waals surface area contributed by atoms with Gasteiger partial charge in [-0.2, -0.15) is 13.4 Å². The predicted octanol–water partition coefficient (Wildman–Crippen LogP) is 4.33. The molecule has 1 aliphatic rings. The van der Waals surface area contributed by atoms with Gasteiger partial charge in [-0.15, -0.1) is 0 Å². The second-order valence-corrected chi connectivity index (χ2v) is 23.4. The van der Waals surface area contributed by atoms with Crippen molar-refractivity contribution in [3.05, 3.63) is 22.7 Å². The highest BCUT2D eigenvalue weighted by molar-refractivity contribution is 7.86. The highest BCUT2D eigenvalue weighted by Gasteiger charge is 2.58. The number of ether oxygens (including phenoxy) is 2. The second-order valence-electron chi connectivity index (χ2n) is 12.3. The van der Waals surface area contributed by atoms with Gasteiger partial charge in [0.15, 0.2) is 14.5 Å². The molecule has 2 heterocycles. The summed E-state index contributed by atoms with van der Waals surface area (Å²) in [5, 5.41) is 11.6. The molecule has 1 aromatic rings. The maximum Gasteiger partial charge on any atom is 0.353 e. The van der Waals surface area contributed by atoms with Crippen molar-refractivity contribution >= 4 is 27.0 Å². The van der Waals surface area contributed by atoms with Crippen LogP contribution in [-0.4, -0.2) is 77.2 Å². The molecule has 1 saturated heterocycles. The molecule has 232 valence electrons. The second kappa shape index (κ2) is 13.0. The topological polar surface area (TPSA) is 135 Å². The molecular weight excluding hydrogens is 573 g/mol. The van der Waals surface area contributed by atoms with Gasteiger partial charge < -0.3 is 23.1 Å². The molecule has 1 aliphatic heterocycles. The van der Waals surface area contributed by atoms with Gasteiger partial charge in [-0.25, -0.2) is 4.79 Å². The average molecular weight is 623 g/mol. The molecule has 0 saturated carbocycles. The van der Waals surface area contributed by atoms with E-state index in [-0.39, 0.29) is 23.6 Å². The predicted molar refractivity (Wildman–Crippen MR) is 159 cm³/mol. The zero-order chi connectivity index (χ0) is 30.8. The summed E-state index contributed by atoms with van der Waals surface area (Å²) in [5.41, 5.74) is -1.82. The maximum absolute atomic E-state index is 12.9. The standard InChI is InChI=1S/C26H50N2O9SSi2/c1-13-33-22-14-15-28(25(29)27-22)24-26(10,30)23(36-38(11,31)32)21(35-24)16-34-40(19(6)7,20(8)9)37-39(12,17(2)3)18(4)5/h14-15,17-21,23-24,30H,13,16H2,1-12H3/t21-,23-,24-,26-/m1/s1. The third-order valence-electron chi connectivity index (χ3n) is 8.10. The molecule has 14 heteroatoms. The molecule has 0 unspecified atom stereocenters. The molecular formula is C26H50N2O9SSi2. The fraction of sp³-hybridized carbons (Fsp3) is 0.846. The van der Waals surface area contributed by atoms with Gasteiger partial charge in [0.2, 0.25) is 5.88 Å². The Morgan fingerprint density at radius 2 is 1.65 bits per heavy atom. The monoisotopic (exact) mass is 622 g/mol. The Balaban J connectivity index is 2.52. The van der Waals surface area contributed by atoms with Gasteiger partial charge in [-0.05, 0) is 42.6 Å². The Morgan fingerprint density at radius 3 is 2.08 bits per heavy atom. The molecule has 1 aromatic heterocycles. The van der Waals surface area contributed by atoms with Crippen LogP contribution in [0.3, 0.4) is 0 Å². The van der Waals surface area contributed by atoms with E-state index < -0.39 is 56.7 Å². The lowest BCUT2D eigenvalue weighted by Crippen LogP contribution is -2.59. The van der Waals surface area contributed by atoms with Crippen molar-refractivity contribution in [3.63, 3.8) is 0 Å². The van der Waals surface area contributed by atoms with E-state index in [1.54, 1.807) is 6.92 Å². The SMILES string of the molecule is CCOc1ccn([C@@H]2O[C@H](CO[Si](O[Si](C)(C(C)C)C(C)C)(C(C)C)C(C)C)[C@@H](OS(C)(=O)=O)[C@@]2(C)O)c(=O)n1. The number of hydrogen-bond acceptors (Lipinski definition) is 10. The van der Waals surface area contributed by atoms with E-state index in [0.29, 0.717) is 17.7 Å².